The number of amides is 1. The molecule has 1 aromatic rings. The van der Waals surface area contributed by atoms with Gasteiger partial charge in [0.05, 0.1) is 17.2 Å². The van der Waals surface area contributed by atoms with E-state index in [-0.39, 0.29) is 5.91 Å². The molecule has 1 atom stereocenters. The number of aromatic nitrogens is 1. The van der Waals surface area contributed by atoms with E-state index in [2.05, 4.69) is 10.4 Å². The largest absolute Gasteiger partial charge is 0.384 e. The summed E-state index contributed by atoms with van der Waals surface area (Å²) in [4.78, 5) is 18.1. The maximum Gasteiger partial charge on any atom is 0.255 e. The molecule has 0 radical (unpaired) electrons. The lowest BCUT2D eigenvalue weighted by molar-refractivity contribution is 0.0775. The fourth-order valence-corrected chi connectivity index (χ4v) is 2.45. The number of halogens is 1. The summed E-state index contributed by atoms with van der Waals surface area (Å²) in [6, 6.07) is 1.58. The van der Waals surface area contributed by atoms with Crippen LogP contribution in [-0.2, 0) is 4.74 Å². The molecule has 0 aliphatic carbocycles. The molecule has 2 rings (SSSR count). The molecule has 7 heteroatoms. The predicted octanol–water partition coefficient (Wildman–Crippen LogP) is 1.13. The highest BCUT2D eigenvalue weighted by molar-refractivity contribution is 6.33. The highest BCUT2D eigenvalue weighted by Gasteiger charge is 2.27. The highest BCUT2D eigenvalue weighted by Crippen LogP contribution is 2.22. The van der Waals surface area contributed by atoms with Crippen molar-refractivity contribution >= 4 is 23.3 Å². The molecule has 104 valence electrons. The number of hydrogen-bond donors (Lipinski definition) is 2. The van der Waals surface area contributed by atoms with E-state index in [9.17, 15) is 4.79 Å². The van der Waals surface area contributed by atoms with Crippen molar-refractivity contribution in [1.82, 2.24) is 9.88 Å². The SMILES string of the molecule is COCC1CCN(C(=O)c2cnc(NN)c(Cl)c2)C1. The molecule has 0 saturated carbocycles. The van der Waals surface area contributed by atoms with E-state index in [0.29, 0.717) is 35.5 Å². The summed E-state index contributed by atoms with van der Waals surface area (Å²) >= 11 is 5.96. The summed E-state index contributed by atoms with van der Waals surface area (Å²) in [6.07, 6.45) is 2.44. The number of hydrogen-bond acceptors (Lipinski definition) is 5. The first-order valence-corrected chi connectivity index (χ1v) is 6.44. The van der Waals surface area contributed by atoms with Crippen LogP contribution in [0.25, 0.3) is 0 Å². The first-order chi connectivity index (χ1) is 9.15. The Kier molecular flexibility index (Phi) is 4.57. The Balaban J connectivity index is 2.06. The maximum atomic E-state index is 12.3. The Labute approximate surface area is 116 Å². The Morgan fingerprint density at radius 1 is 1.74 bits per heavy atom. The van der Waals surface area contributed by atoms with E-state index < -0.39 is 0 Å². The van der Waals surface area contributed by atoms with Crippen LogP contribution in [0.15, 0.2) is 12.3 Å². The number of nitrogens with one attached hydrogen (secondary N) is 1. The Hall–Kier alpha value is -1.37. The van der Waals surface area contributed by atoms with E-state index in [0.717, 1.165) is 13.0 Å². The molecule has 6 nitrogen and oxygen atoms in total. The van der Waals surface area contributed by atoms with Crippen LogP contribution in [0, 0.1) is 5.92 Å². The second-order valence-corrected chi connectivity index (χ2v) is 4.97. The number of nitrogens with two attached hydrogens (primary N) is 1. The van der Waals surface area contributed by atoms with Crippen LogP contribution >= 0.6 is 11.6 Å². The lowest BCUT2D eigenvalue weighted by Gasteiger charge is -2.16. The van der Waals surface area contributed by atoms with Gasteiger partial charge in [-0.3, -0.25) is 4.79 Å². The van der Waals surface area contributed by atoms with Gasteiger partial charge in [-0.15, -0.1) is 0 Å². The minimum absolute atomic E-state index is 0.0587. The number of carbonyl (C=O) groups excluding carboxylic acids is 1. The van der Waals surface area contributed by atoms with Gasteiger partial charge in [-0.05, 0) is 12.5 Å². The Bertz CT molecular complexity index is 469. The quantitative estimate of drug-likeness (QED) is 0.640. The van der Waals surface area contributed by atoms with E-state index >= 15 is 0 Å². The van der Waals surface area contributed by atoms with Crippen LogP contribution < -0.4 is 11.3 Å². The van der Waals surface area contributed by atoms with Crippen molar-refractivity contribution < 1.29 is 9.53 Å². The predicted molar refractivity (Wildman–Crippen MR) is 72.9 cm³/mol. The molecule has 2 heterocycles. The number of nitrogen functional groups attached to an aromatic ring is 1. The monoisotopic (exact) mass is 284 g/mol. The van der Waals surface area contributed by atoms with Crippen molar-refractivity contribution in [2.45, 2.75) is 6.42 Å². The van der Waals surface area contributed by atoms with Crippen LogP contribution in [-0.4, -0.2) is 42.6 Å². The highest BCUT2D eigenvalue weighted by atomic mass is 35.5. The zero-order valence-electron chi connectivity index (χ0n) is 10.7. The lowest BCUT2D eigenvalue weighted by Crippen LogP contribution is -2.29. The van der Waals surface area contributed by atoms with Gasteiger partial charge in [-0.25, -0.2) is 10.8 Å². The number of nitrogens with zero attached hydrogens (tertiary/aromatic N) is 2. The summed E-state index contributed by atoms with van der Waals surface area (Å²) in [6.45, 7) is 2.13. The van der Waals surface area contributed by atoms with E-state index in [1.54, 1.807) is 18.1 Å². The molecule has 1 aliphatic heterocycles. The summed E-state index contributed by atoms with van der Waals surface area (Å²) < 4.78 is 5.12. The van der Waals surface area contributed by atoms with Gasteiger partial charge < -0.3 is 15.1 Å². The fraction of sp³-hybridized carbons (Fsp3) is 0.500. The van der Waals surface area contributed by atoms with Gasteiger partial charge in [-0.2, -0.15) is 0 Å². The van der Waals surface area contributed by atoms with Gasteiger partial charge in [0.2, 0.25) is 0 Å². The van der Waals surface area contributed by atoms with Crippen LogP contribution in [0.1, 0.15) is 16.8 Å². The number of likely N-dealkylation sites (tertiary alicyclic amines) is 1. The summed E-state index contributed by atoms with van der Waals surface area (Å²) in [7, 11) is 1.67. The normalized spacial score (nSPS) is 18.7. The second-order valence-electron chi connectivity index (χ2n) is 4.56. The molecule has 0 aromatic carbocycles. The summed E-state index contributed by atoms with van der Waals surface area (Å²) in [5.41, 5.74) is 2.84. The van der Waals surface area contributed by atoms with Crippen molar-refractivity contribution in [2.24, 2.45) is 11.8 Å². The molecule has 1 amide bonds. The van der Waals surface area contributed by atoms with Gasteiger partial charge in [0.15, 0.2) is 5.82 Å². The molecule has 19 heavy (non-hydrogen) atoms. The van der Waals surface area contributed by atoms with Crippen molar-refractivity contribution in [1.29, 1.82) is 0 Å². The minimum atomic E-state index is -0.0587. The minimum Gasteiger partial charge on any atom is -0.384 e. The van der Waals surface area contributed by atoms with E-state index in [1.165, 1.54) is 6.20 Å². The fourth-order valence-electron chi connectivity index (χ4n) is 2.23. The van der Waals surface area contributed by atoms with E-state index in [1.807, 2.05) is 0 Å². The van der Waals surface area contributed by atoms with Crippen molar-refractivity contribution in [3.63, 3.8) is 0 Å². The van der Waals surface area contributed by atoms with Crippen LogP contribution in [0.3, 0.4) is 0 Å². The van der Waals surface area contributed by atoms with Crippen LogP contribution in [0.4, 0.5) is 5.82 Å². The van der Waals surface area contributed by atoms with Crippen LogP contribution in [0.5, 0.6) is 0 Å². The third-order valence-corrected chi connectivity index (χ3v) is 3.49. The van der Waals surface area contributed by atoms with E-state index in [4.69, 9.17) is 22.2 Å². The van der Waals surface area contributed by atoms with Gasteiger partial charge in [0, 0.05) is 32.3 Å². The number of rotatable bonds is 4. The number of ether oxygens (including phenoxy) is 1. The number of anilines is 1. The van der Waals surface area contributed by atoms with Crippen molar-refractivity contribution in [3.05, 3.63) is 22.8 Å². The Morgan fingerprint density at radius 3 is 3.16 bits per heavy atom. The molecule has 1 aromatic heterocycles. The molecule has 1 unspecified atom stereocenters. The van der Waals surface area contributed by atoms with Crippen LogP contribution in [0.2, 0.25) is 5.02 Å². The third-order valence-electron chi connectivity index (χ3n) is 3.20. The Morgan fingerprint density at radius 2 is 2.53 bits per heavy atom. The zero-order chi connectivity index (χ0) is 13.8. The second kappa shape index (κ2) is 6.18. The molecular weight excluding hydrogens is 268 g/mol. The lowest BCUT2D eigenvalue weighted by atomic mass is 10.1. The summed E-state index contributed by atoms with van der Waals surface area (Å²) in [5, 5.41) is 0.334. The first-order valence-electron chi connectivity index (χ1n) is 6.06. The number of methoxy groups -OCH3 is 1. The standard InChI is InChI=1S/C12H17ClN4O2/c1-19-7-8-2-3-17(6-8)12(18)9-4-10(13)11(16-14)15-5-9/h4-5,8H,2-3,6-7,14H2,1H3,(H,15,16). The third kappa shape index (κ3) is 3.15. The zero-order valence-corrected chi connectivity index (χ0v) is 11.5. The molecule has 1 aliphatic rings. The van der Waals surface area contributed by atoms with Gasteiger partial charge in [0.25, 0.3) is 5.91 Å². The average molecular weight is 285 g/mol. The van der Waals surface area contributed by atoms with Gasteiger partial charge in [-0.1, -0.05) is 11.6 Å². The van der Waals surface area contributed by atoms with Gasteiger partial charge in [0.1, 0.15) is 0 Å². The number of carbonyl (C=O) groups is 1. The summed E-state index contributed by atoms with van der Waals surface area (Å²) in [5.74, 6) is 5.95. The molecular formula is C12H17ClN4O2. The van der Waals surface area contributed by atoms with Gasteiger partial charge >= 0.3 is 0 Å². The molecule has 0 spiro atoms. The molecule has 0 bridgehead atoms. The molecule has 1 saturated heterocycles. The number of hydrazine groups is 1. The first kappa shape index (κ1) is 14.0. The van der Waals surface area contributed by atoms with Crippen molar-refractivity contribution in [3.8, 4) is 0 Å². The molecule has 1 fully saturated rings. The number of pyridine rings is 1. The maximum absolute atomic E-state index is 12.3. The topological polar surface area (TPSA) is 80.5 Å². The smallest absolute Gasteiger partial charge is 0.255 e. The van der Waals surface area contributed by atoms with Crippen molar-refractivity contribution in [2.75, 3.05) is 32.2 Å². The average Bonchev–Trinajstić information content (AvgIpc) is 2.87. The molecule has 3 N–H and O–H groups in total.